The minimum atomic E-state index is -1.05. The summed E-state index contributed by atoms with van der Waals surface area (Å²) in [7, 11) is 0. The van der Waals surface area contributed by atoms with Crippen LogP contribution in [0, 0.1) is 12.7 Å². The molecule has 0 heterocycles. The monoisotopic (exact) mass is 287 g/mol. The summed E-state index contributed by atoms with van der Waals surface area (Å²) >= 11 is 0. The standard InChI is InChI=1S/C16H14FNO3/c1-10-2-5-12(16(20)21)9-14(10)18-15(19)8-11-3-6-13(17)7-4-11/h2-7,9H,8H2,1H3,(H,18,19)(H,20,21). The van der Waals surface area contributed by atoms with E-state index in [-0.39, 0.29) is 23.7 Å². The first-order chi connectivity index (χ1) is 9.95. The first-order valence-corrected chi connectivity index (χ1v) is 6.34. The third-order valence-corrected chi connectivity index (χ3v) is 3.04. The number of halogens is 1. The van der Waals surface area contributed by atoms with Crippen LogP contribution in [0.25, 0.3) is 0 Å². The number of anilines is 1. The van der Waals surface area contributed by atoms with E-state index in [9.17, 15) is 14.0 Å². The molecule has 0 aromatic heterocycles. The smallest absolute Gasteiger partial charge is 0.335 e. The topological polar surface area (TPSA) is 66.4 Å². The first kappa shape index (κ1) is 14.7. The molecule has 0 fully saturated rings. The molecule has 108 valence electrons. The molecule has 2 rings (SSSR count). The molecule has 21 heavy (non-hydrogen) atoms. The predicted octanol–water partition coefficient (Wildman–Crippen LogP) is 3.01. The van der Waals surface area contributed by atoms with Gasteiger partial charge in [0.05, 0.1) is 12.0 Å². The molecule has 2 N–H and O–H groups in total. The highest BCUT2D eigenvalue weighted by Gasteiger charge is 2.09. The van der Waals surface area contributed by atoms with Gasteiger partial charge in [-0.2, -0.15) is 0 Å². The lowest BCUT2D eigenvalue weighted by Gasteiger charge is -2.09. The number of carbonyl (C=O) groups is 2. The molecule has 0 bridgehead atoms. The number of benzene rings is 2. The van der Waals surface area contributed by atoms with Gasteiger partial charge < -0.3 is 10.4 Å². The van der Waals surface area contributed by atoms with Gasteiger partial charge in [-0.3, -0.25) is 4.79 Å². The fourth-order valence-corrected chi connectivity index (χ4v) is 1.87. The lowest BCUT2D eigenvalue weighted by atomic mass is 10.1. The number of hydrogen-bond donors (Lipinski definition) is 2. The Labute approximate surface area is 121 Å². The van der Waals surface area contributed by atoms with Crippen LogP contribution < -0.4 is 5.32 Å². The number of hydrogen-bond acceptors (Lipinski definition) is 2. The fourth-order valence-electron chi connectivity index (χ4n) is 1.87. The summed E-state index contributed by atoms with van der Waals surface area (Å²) in [5.74, 6) is -1.69. The molecule has 0 aliphatic carbocycles. The average Bonchev–Trinajstić information content (AvgIpc) is 2.43. The average molecular weight is 287 g/mol. The number of rotatable bonds is 4. The van der Waals surface area contributed by atoms with Crippen molar-refractivity contribution in [1.82, 2.24) is 0 Å². The Hall–Kier alpha value is -2.69. The quantitative estimate of drug-likeness (QED) is 0.908. The van der Waals surface area contributed by atoms with Crippen LogP contribution in [-0.4, -0.2) is 17.0 Å². The maximum absolute atomic E-state index is 12.8. The molecule has 0 saturated carbocycles. The number of aryl methyl sites for hydroxylation is 1. The maximum atomic E-state index is 12.8. The zero-order chi connectivity index (χ0) is 15.4. The molecule has 1 amide bonds. The zero-order valence-electron chi connectivity index (χ0n) is 11.4. The van der Waals surface area contributed by atoms with Crippen LogP contribution in [0.4, 0.5) is 10.1 Å². The van der Waals surface area contributed by atoms with E-state index >= 15 is 0 Å². The van der Waals surface area contributed by atoms with E-state index in [0.717, 1.165) is 5.56 Å². The van der Waals surface area contributed by atoms with Crippen molar-refractivity contribution >= 4 is 17.6 Å². The number of nitrogens with one attached hydrogen (secondary N) is 1. The number of amides is 1. The molecule has 0 spiro atoms. The molecular weight excluding hydrogens is 273 g/mol. The second-order valence-electron chi connectivity index (χ2n) is 4.69. The van der Waals surface area contributed by atoms with Gasteiger partial charge in [0.25, 0.3) is 0 Å². The van der Waals surface area contributed by atoms with Crippen LogP contribution in [0.15, 0.2) is 42.5 Å². The Morgan fingerprint density at radius 1 is 1.14 bits per heavy atom. The van der Waals surface area contributed by atoms with Crippen LogP contribution in [0.3, 0.4) is 0 Å². The molecule has 0 atom stereocenters. The van der Waals surface area contributed by atoms with Gasteiger partial charge in [0, 0.05) is 5.69 Å². The van der Waals surface area contributed by atoms with E-state index in [1.165, 1.54) is 36.4 Å². The number of aromatic carboxylic acids is 1. The Bertz CT molecular complexity index is 680. The third kappa shape index (κ3) is 3.89. The minimum absolute atomic E-state index is 0.0943. The van der Waals surface area contributed by atoms with Crippen LogP contribution in [0.1, 0.15) is 21.5 Å². The minimum Gasteiger partial charge on any atom is -0.478 e. The van der Waals surface area contributed by atoms with Crippen LogP contribution in [0.2, 0.25) is 0 Å². The summed E-state index contributed by atoms with van der Waals surface area (Å²) in [5, 5.41) is 11.6. The zero-order valence-corrected chi connectivity index (χ0v) is 11.4. The van der Waals surface area contributed by atoms with E-state index in [0.29, 0.717) is 11.3 Å². The van der Waals surface area contributed by atoms with E-state index in [1.807, 2.05) is 0 Å². The lowest BCUT2D eigenvalue weighted by Crippen LogP contribution is -2.15. The highest BCUT2D eigenvalue weighted by molar-refractivity contribution is 5.95. The lowest BCUT2D eigenvalue weighted by molar-refractivity contribution is -0.115. The molecule has 5 heteroatoms. The summed E-state index contributed by atoms with van der Waals surface area (Å²) in [6.45, 7) is 1.78. The summed E-state index contributed by atoms with van der Waals surface area (Å²) < 4.78 is 12.8. The van der Waals surface area contributed by atoms with Crippen molar-refractivity contribution in [1.29, 1.82) is 0 Å². The van der Waals surface area contributed by atoms with Crippen molar-refractivity contribution in [3.63, 3.8) is 0 Å². The van der Waals surface area contributed by atoms with E-state index in [4.69, 9.17) is 5.11 Å². The van der Waals surface area contributed by atoms with Crippen LogP contribution in [-0.2, 0) is 11.2 Å². The van der Waals surface area contributed by atoms with Crippen molar-refractivity contribution in [3.8, 4) is 0 Å². The van der Waals surface area contributed by atoms with Gasteiger partial charge in [0.15, 0.2) is 0 Å². The van der Waals surface area contributed by atoms with Gasteiger partial charge in [-0.15, -0.1) is 0 Å². The molecule has 0 aliphatic rings. The second-order valence-corrected chi connectivity index (χ2v) is 4.69. The molecule has 2 aromatic rings. The number of carboxylic acids is 1. The molecule has 2 aromatic carbocycles. The molecular formula is C16H14FNO3. The predicted molar refractivity (Wildman–Crippen MR) is 76.9 cm³/mol. The summed E-state index contributed by atoms with van der Waals surface area (Å²) in [6.07, 6.45) is 0.0943. The molecule has 0 saturated heterocycles. The summed E-state index contributed by atoms with van der Waals surface area (Å²) in [6, 6.07) is 10.2. The SMILES string of the molecule is Cc1ccc(C(=O)O)cc1NC(=O)Cc1ccc(F)cc1. The Morgan fingerprint density at radius 2 is 1.81 bits per heavy atom. The highest BCUT2D eigenvalue weighted by Crippen LogP contribution is 2.17. The van der Waals surface area contributed by atoms with Gasteiger partial charge >= 0.3 is 5.97 Å². The molecule has 0 radical (unpaired) electrons. The molecule has 4 nitrogen and oxygen atoms in total. The van der Waals surface area contributed by atoms with Crippen molar-refractivity contribution < 1.29 is 19.1 Å². The van der Waals surface area contributed by atoms with Crippen LogP contribution in [0.5, 0.6) is 0 Å². The van der Waals surface area contributed by atoms with E-state index in [1.54, 1.807) is 13.0 Å². The second kappa shape index (κ2) is 6.17. The number of carboxylic acid groups (broad SMARTS) is 1. The summed E-state index contributed by atoms with van der Waals surface area (Å²) in [4.78, 5) is 22.9. The van der Waals surface area contributed by atoms with Crippen molar-refractivity contribution in [2.75, 3.05) is 5.32 Å². The Balaban J connectivity index is 2.10. The van der Waals surface area contributed by atoms with E-state index < -0.39 is 5.97 Å². The van der Waals surface area contributed by atoms with Gasteiger partial charge in [-0.25, -0.2) is 9.18 Å². The van der Waals surface area contributed by atoms with Crippen molar-refractivity contribution in [2.24, 2.45) is 0 Å². The Kier molecular flexibility index (Phi) is 4.33. The first-order valence-electron chi connectivity index (χ1n) is 6.34. The maximum Gasteiger partial charge on any atom is 0.335 e. The number of carbonyl (C=O) groups excluding carboxylic acids is 1. The molecule has 0 aliphatic heterocycles. The summed E-state index contributed by atoms with van der Waals surface area (Å²) in [5.41, 5.74) is 2.02. The molecule has 0 unspecified atom stereocenters. The van der Waals surface area contributed by atoms with Gasteiger partial charge in [-0.05, 0) is 42.3 Å². The van der Waals surface area contributed by atoms with Crippen molar-refractivity contribution in [2.45, 2.75) is 13.3 Å². The Morgan fingerprint density at radius 3 is 2.43 bits per heavy atom. The fraction of sp³-hybridized carbons (Fsp3) is 0.125. The van der Waals surface area contributed by atoms with Crippen LogP contribution >= 0.6 is 0 Å². The highest BCUT2D eigenvalue weighted by atomic mass is 19.1. The van der Waals surface area contributed by atoms with Gasteiger partial charge in [-0.1, -0.05) is 18.2 Å². The van der Waals surface area contributed by atoms with Crippen molar-refractivity contribution in [3.05, 3.63) is 65.0 Å². The van der Waals surface area contributed by atoms with Gasteiger partial charge in [0.2, 0.25) is 5.91 Å². The largest absolute Gasteiger partial charge is 0.478 e. The van der Waals surface area contributed by atoms with Gasteiger partial charge in [0.1, 0.15) is 5.82 Å². The van der Waals surface area contributed by atoms with E-state index in [2.05, 4.69) is 5.32 Å². The normalized spacial score (nSPS) is 10.2. The third-order valence-electron chi connectivity index (χ3n) is 3.04.